The van der Waals surface area contributed by atoms with Crippen LogP contribution in [0.1, 0.15) is 98.8 Å². The second kappa shape index (κ2) is 7.60. The van der Waals surface area contributed by atoms with Crippen molar-refractivity contribution < 1.29 is 5.11 Å². The summed E-state index contributed by atoms with van der Waals surface area (Å²) in [5, 5.41) is 10.2. The van der Waals surface area contributed by atoms with Gasteiger partial charge in [-0.15, -0.1) is 0 Å². The predicted octanol–water partition coefficient (Wildman–Crippen LogP) is 7.31. The molecule has 0 heterocycles. The number of hydrogen-bond donors (Lipinski definition) is 1. The molecule has 0 aromatic carbocycles. The summed E-state index contributed by atoms with van der Waals surface area (Å²) in [5.74, 6) is 4.19. The third-order valence-electron chi connectivity index (χ3n) is 9.75. The minimum atomic E-state index is -0.106. The van der Waals surface area contributed by atoms with Crippen LogP contribution in [0, 0.1) is 40.4 Å². The largest absolute Gasteiger partial charge is 0.393 e. The van der Waals surface area contributed by atoms with Gasteiger partial charge in [-0.3, -0.25) is 0 Å². The van der Waals surface area contributed by atoms with E-state index in [1.54, 1.807) is 11.1 Å². The fraction of sp³-hybridized carbons (Fsp3) is 0.852. The summed E-state index contributed by atoms with van der Waals surface area (Å²) in [7, 11) is 0. The van der Waals surface area contributed by atoms with Gasteiger partial charge in [-0.2, -0.15) is 0 Å². The van der Waals surface area contributed by atoms with Crippen LogP contribution < -0.4 is 0 Å². The summed E-state index contributed by atoms with van der Waals surface area (Å²) >= 11 is 0. The van der Waals surface area contributed by atoms with Crippen LogP contribution in [0.3, 0.4) is 0 Å². The topological polar surface area (TPSA) is 20.2 Å². The lowest BCUT2D eigenvalue weighted by molar-refractivity contribution is 0.0323. The molecule has 3 fully saturated rings. The first kappa shape index (κ1) is 20.7. The highest BCUT2D eigenvalue weighted by Crippen LogP contribution is 2.66. The zero-order chi connectivity index (χ0) is 20.1. The quantitative estimate of drug-likeness (QED) is 0.527. The van der Waals surface area contributed by atoms with E-state index in [2.05, 4.69) is 46.8 Å². The number of allylic oxidation sites excluding steroid dienone is 3. The summed E-state index contributed by atoms with van der Waals surface area (Å²) in [6.45, 7) is 12.5. The van der Waals surface area contributed by atoms with Crippen LogP contribution >= 0.6 is 0 Å². The Balaban J connectivity index is 1.53. The summed E-state index contributed by atoms with van der Waals surface area (Å²) < 4.78 is 0. The van der Waals surface area contributed by atoms with Crippen molar-refractivity contribution in [1.82, 2.24) is 0 Å². The van der Waals surface area contributed by atoms with E-state index in [0.717, 1.165) is 42.4 Å². The molecule has 4 aliphatic rings. The summed E-state index contributed by atoms with van der Waals surface area (Å²) in [6.07, 6.45) is 17.8. The molecular formula is C27H44O. The molecule has 0 aromatic rings. The maximum Gasteiger partial charge on any atom is 0.0578 e. The average molecular weight is 385 g/mol. The van der Waals surface area contributed by atoms with Crippen LogP contribution in [0.15, 0.2) is 23.3 Å². The molecule has 28 heavy (non-hydrogen) atoms. The number of aliphatic hydroxyl groups excluding tert-OH is 1. The van der Waals surface area contributed by atoms with Gasteiger partial charge < -0.3 is 5.11 Å². The van der Waals surface area contributed by atoms with Crippen LogP contribution in [0.2, 0.25) is 0 Å². The molecule has 3 saturated carbocycles. The SMILES string of the molecule is CC(C)CCC[C@@H](C)C1CCC2C3=CC=C4C[C@@H](O)CC[C@]4(C)C3CC[C@@]21C. The molecule has 0 aromatic heterocycles. The van der Waals surface area contributed by atoms with Crippen molar-refractivity contribution in [2.24, 2.45) is 40.4 Å². The lowest BCUT2D eigenvalue weighted by Gasteiger charge is -2.55. The average Bonchev–Trinajstić information content (AvgIpc) is 2.99. The Kier molecular flexibility index (Phi) is 5.62. The zero-order valence-corrected chi connectivity index (χ0v) is 19.1. The Labute approximate surface area is 174 Å². The number of aliphatic hydroxyl groups is 1. The first-order valence-corrected chi connectivity index (χ1v) is 12.3. The maximum atomic E-state index is 10.2. The Hall–Kier alpha value is -0.560. The first-order chi connectivity index (χ1) is 13.3. The van der Waals surface area contributed by atoms with Crippen molar-refractivity contribution in [2.45, 2.75) is 105 Å². The monoisotopic (exact) mass is 384 g/mol. The molecule has 0 radical (unpaired) electrons. The Morgan fingerprint density at radius 1 is 0.964 bits per heavy atom. The molecule has 1 N–H and O–H groups in total. The van der Waals surface area contributed by atoms with Gasteiger partial charge in [0.05, 0.1) is 6.10 Å². The van der Waals surface area contributed by atoms with Crippen molar-refractivity contribution in [3.63, 3.8) is 0 Å². The van der Waals surface area contributed by atoms with E-state index >= 15 is 0 Å². The van der Waals surface area contributed by atoms with Gasteiger partial charge in [0, 0.05) is 0 Å². The minimum Gasteiger partial charge on any atom is -0.393 e. The highest BCUT2D eigenvalue weighted by Gasteiger charge is 2.56. The van der Waals surface area contributed by atoms with Crippen LogP contribution in [-0.4, -0.2) is 11.2 Å². The fourth-order valence-electron chi connectivity index (χ4n) is 8.01. The molecule has 0 saturated heterocycles. The van der Waals surface area contributed by atoms with Crippen LogP contribution in [0.4, 0.5) is 0 Å². The number of hydrogen-bond acceptors (Lipinski definition) is 1. The van der Waals surface area contributed by atoms with Crippen molar-refractivity contribution >= 4 is 0 Å². The van der Waals surface area contributed by atoms with E-state index in [1.807, 2.05) is 0 Å². The Morgan fingerprint density at radius 3 is 2.50 bits per heavy atom. The third kappa shape index (κ3) is 3.34. The standard InChI is InChI=1S/C27H44O/c1-18(2)7-6-8-19(3)23-11-12-24-22-10-9-20-17-21(28)13-15-26(20,4)25(22)14-16-27(23,24)5/h9-10,18-19,21,23-25,28H,6-8,11-17H2,1-5H3/t19-,21+,23?,24?,25?,26+,27-/m1/s1. The minimum absolute atomic E-state index is 0.106. The van der Waals surface area contributed by atoms with Crippen molar-refractivity contribution in [3.05, 3.63) is 23.3 Å². The molecule has 4 rings (SSSR count). The van der Waals surface area contributed by atoms with E-state index in [9.17, 15) is 5.11 Å². The summed E-state index contributed by atoms with van der Waals surface area (Å²) in [6, 6.07) is 0. The van der Waals surface area contributed by atoms with Crippen molar-refractivity contribution in [2.75, 3.05) is 0 Å². The van der Waals surface area contributed by atoms with Gasteiger partial charge in [0.15, 0.2) is 0 Å². The van der Waals surface area contributed by atoms with Gasteiger partial charge >= 0.3 is 0 Å². The molecule has 3 unspecified atom stereocenters. The number of rotatable bonds is 5. The lowest BCUT2D eigenvalue weighted by atomic mass is 9.50. The molecular weight excluding hydrogens is 340 g/mol. The van der Waals surface area contributed by atoms with Gasteiger partial charge in [-0.1, -0.05) is 77.2 Å². The van der Waals surface area contributed by atoms with Crippen LogP contribution in [0.25, 0.3) is 0 Å². The van der Waals surface area contributed by atoms with Crippen LogP contribution in [-0.2, 0) is 0 Å². The highest BCUT2D eigenvalue weighted by molar-refractivity contribution is 5.38. The molecule has 7 atom stereocenters. The second-order valence-corrected chi connectivity index (χ2v) is 11.8. The number of fused-ring (bicyclic) bond motifs is 5. The molecule has 0 aliphatic heterocycles. The molecule has 0 amide bonds. The lowest BCUT2D eigenvalue weighted by Crippen LogP contribution is -2.46. The van der Waals surface area contributed by atoms with E-state index in [-0.39, 0.29) is 6.10 Å². The molecule has 4 aliphatic carbocycles. The molecule has 0 spiro atoms. The summed E-state index contributed by atoms with van der Waals surface area (Å²) in [4.78, 5) is 0. The van der Waals surface area contributed by atoms with E-state index in [4.69, 9.17) is 0 Å². The summed E-state index contributed by atoms with van der Waals surface area (Å²) in [5.41, 5.74) is 4.19. The van der Waals surface area contributed by atoms with Gasteiger partial charge in [0.2, 0.25) is 0 Å². The Morgan fingerprint density at radius 2 is 1.75 bits per heavy atom. The van der Waals surface area contributed by atoms with Gasteiger partial charge in [-0.05, 0) is 85.4 Å². The van der Waals surface area contributed by atoms with Gasteiger partial charge in [0.1, 0.15) is 0 Å². The molecule has 1 nitrogen and oxygen atoms in total. The normalized spacial score (nSPS) is 43.7. The maximum absolute atomic E-state index is 10.2. The van der Waals surface area contributed by atoms with Crippen molar-refractivity contribution in [1.29, 1.82) is 0 Å². The third-order valence-corrected chi connectivity index (χ3v) is 9.75. The predicted molar refractivity (Wildman–Crippen MR) is 119 cm³/mol. The van der Waals surface area contributed by atoms with Crippen molar-refractivity contribution in [3.8, 4) is 0 Å². The van der Waals surface area contributed by atoms with E-state index in [1.165, 1.54) is 51.4 Å². The van der Waals surface area contributed by atoms with E-state index < -0.39 is 0 Å². The highest BCUT2D eigenvalue weighted by atomic mass is 16.3. The van der Waals surface area contributed by atoms with E-state index in [0.29, 0.717) is 10.8 Å². The zero-order valence-electron chi connectivity index (χ0n) is 19.1. The molecule has 0 bridgehead atoms. The fourth-order valence-corrected chi connectivity index (χ4v) is 8.01. The smallest absolute Gasteiger partial charge is 0.0578 e. The van der Waals surface area contributed by atoms with Gasteiger partial charge in [-0.25, -0.2) is 0 Å². The molecule has 158 valence electrons. The Bertz CT molecular complexity index is 643. The first-order valence-electron chi connectivity index (χ1n) is 12.3. The van der Waals surface area contributed by atoms with Crippen LogP contribution in [0.5, 0.6) is 0 Å². The van der Waals surface area contributed by atoms with Gasteiger partial charge in [0.25, 0.3) is 0 Å². The second-order valence-electron chi connectivity index (χ2n) is 11.8. The molecule has 1 heteroatoms.